The van der Waals surface area contributed by atoms with Crippen LogP contribution < -0.4 is 0 Å². The van der Waals surface area contributed by atoms with Crippen LogP contribution in [0, 0.1) is 0 Å². The van der Waals surface area contributed by atoms with Crippen molar-refractivity contribution >= 4 is 0 Å². The van der Waals surface area contributed by atoms with Gasteiger partial charge in [0, 0.05) is 0 Å². The predicted octanol–water partition coefficient (Wildman–Crippen LogP) is 2.79. The summed E-state index contributed by atoms with van der Waals surface area (Å²) in [4.78, 5) is 0. The summed E-state index contributed by atoms with van der Waals surface area (Å²) >= 11 is 0. The zero-order valence-corrected chi connectivity index (χ0v) is 8.25. The highest BCUT2D eigenvalue weighted by Crippen LogP contribution is 2.15. The van der Waals surface area contributed by atoms with Gasteiger partial charge in [-0.3, -0.25) is 0 Å². The van der Waals surface area contributed by atoms with E-state index in [4.69, 9.17) is 9.47 Å². The highest BCUT2D eigenvalue weighted by molar-refractivity contribution is 5.28. The molecule has 0 bridgehead atoms. The summed E-state index contributed by atoms with van der Waals surface area (Å²) in [6.45, 7) is 5.28. The Kier molecular flexibility index (Phi) is 4.16. The second-order valence-corrected chi connectivity index (χ2v) is 2.63. The fourth-order valence-electron chi connectivity index (χ4n) is 1.14. The van der Waals surface area contributed by atoms with Gasteiger partial charge in [0.1, 0.15) is 0 Å². The molecule has 72 valence electrons. The highest BCUT2D eigenvalue weighted by Gasteiger charge is 2.04. The molecular formula is C11H16O2. The zero-order valence-electron chi connectivity index (χ0n) is 8.25. The van der Waals surface area contributed by atoms with Gasteiger partial charge in [-0.2, -0.15) is 0 Å². The molecule has 0 aromatic heterocycles. The minimum absolute atomic E-state index is 0.671. The molecule has 1 aliphatic carbocycles. The Hall–Kier alpha value is -1.18. The van der Waals surface area contributed by atoms with E-state index in [0.29, 0.717) is 13.2 Å². The summed E-state index contributed by atoms with van der Waals surface area (Å²) in [6, 6.07) is 0. The first-order valence-corrected chi connectivity index (χ1v) is 4.71. The standard InChI is InChI=1S/C11H16O2/c1-3-12-10-8-6-5-7-9-11(10)13-4-2/h6-9H,3-5H2,1-2H3. The van der Waals surface area contributed by atoms with E-state index >= 15 is 0 Å². The first-order chi connectivity index (χ1) is 6.38. The highest BCUT2D eigenvalue weighted by atomic mass is 16.5. The molecule has 0 atom stereocenters. The molecule has 0 N–H and O–H groups in total. The van der Waals surface area contributed by atoms with Crippen molar-refractivity contribution in [1.29, 1.82) is 0 Å². The Morgan fingerprint density at radius 1 is 1.00 bits per heavy atom. The van der Waals surface area contributed by atoms with E-state index in [1.807, 2.05) is 26.0 Å². The third-order valence-electron chi connectivity index (χ3n) is 1.65. The van der Waals surface area contributed by atoms with Gasteiger partial charge in [-0.05, 0) is 32.4 Å². The molecule has 0 fully saturated rings. The van der Waals surface area contributed by atoms with Gasteiger partial charge >= 0.3 is 0 Å². The van der Waals surface area contributed by atoms with Gasteiger partial charge in [-0.25, -0.2) is 0 Å². The molecule has 0 radical (unpaired) electrons. The van der Waals surface area contributed by atoms with Crippen LogP contribution >= 0.6 is 0 Å². The van der Waals surface area contributed by atoms with E-state index in [1.54, 1.807) is 0 Å². The molecule has 0 unspecified atom stereocenters. The molecule has 0 aromatic rings. The second-order valence-electron chi connectivity index (χ2n) is 2.63. The molecule has 2 heteroatoms. The number of allylic oxidation sites excluding steroid dienone is 4. The molecule has 0 aliphatic heterocycles. The second kappa shape index (κ2) is 5.46. The number of rotatable bonds is 4. The van der Waals surface area contributed by atoms with E-state index in [2.05, 4.69) is 12.2 Å². The largest absolute Gasteiger partial charge is 0.490 e. The molecule has 0 saturated heterocycles. The fourth-order valence-corrected chi connectivity index (χ4v) is 1.14. The van der Waals surface area contributed by atoms with Gasteiger partial charge in [-0.1, -0.05) is 12.2 Å². The zero-order chi connectivity index (χ0) is 9.52. The Bertz CT molecular complexity index is 212. The summed E-state index contributed by atoms with van der Waals surface area (Å²) in [5, 5.41) is 0. The summed E-state index contributed by atoms with van der Waals surface area (Å²) in [6.07, 6.45) is 9.00. The fraction of sp³-hybridized carbons (Fsp3) is 0.455. The van der Waals surface area contributed by atoms with Crippen LogP contribution in [0.2, 0.25) is 0 Å². The quantitative estimate of drug-likeness (QED) is 0.662. The maximum Gasteiger partial charge on any atom is 0.160 e. The molecule has 0 heterocycles. The predicted molar refractivity (Wildman–Crippen MR) is 53.2 cm³/mol. The van der Waals surface area contributed by atoms with Crippen molar-refractivity contribution in [1.82, 2.24) is 0 Å². The van der Waals surface area contributed by atoms with Crippen molar-refractivity contribution in [2.75, 3.05) is 13.2 Å². The Morgan fingerprint density at radius 3 is 1.85 bits per heavy atom. The van der Waals surface area contributed by atoms with Crippen LogP contribution in [-0.4, -0.2) is 13.2 Å². The summed E-state index contributed by atoms with van der Waals surface area (Å²) in [7, 11) is 0. The van der Waals surface area contributed by atoms with Crippen LogP contribution in [0.15, 0.2) is 35.8 Å². The third-order valence-corrected chi connectivity index (χ3v) is 1.65. The normalized spacial score (nSPS) is 15.8. The SMILES string of the molecule is CCOC1=C(OCC)C=CCC=C1. The van der Waals surface area contributed by atoms with E-state index < -0.39 is 0 Å². The average molecular weight is 180 g/mol. The maximum absolute atomic E-state index is 5.44. The molecule has 0 aromatic carbocycles. The molecular weight excluding hydrogens is 164 g/mol. The average Bonchev–Trinajstić information content (AvgIpc) is 2.33. The molecule has 1 aliphatic rings. The lowest BCUT2D eigenvalue weighted by atomic mass is 10.4. The maximum atomic E-state index is 5.44. The van der Waals surface area contributed by atoms with E-state index in [9.17, 15) is 0 Å². The molecule has 13 heavy (non-hydrogen) atoms. The van der Waals surface area contributed by atoms with Crippen LogP contribution in [-0.2, 0) is 9.47 Å². The van der Waals surface area contributed by atoms with Crippen LogP contribution in [0.25, 0.3) is 0 Å². The summed E-state index contributed by atoms with van der Waals surface area (Å²) < 4.78 is 10.9. The van der Waals surface area contributed by atoms with Crippen LogP contribution in [0.5, 0.6) is 0 Å². The van der Waals surface area contributed by atoms with Crippen molar-refractivity contribution in [2.45, 2.75) is 20.3 Å². The van der Waals surface area contributed by atoms with Crippen molar-refractivity contribution in [3.8, 4) is 0 Å². The van der Waals surface area contributed by atoms with Gasteiger partial charge in [0.2, 0.25) is 0 Å². The first kappa shape index (κ1) is 9.90. The Balaban J connectivity index is 2.79. The lowest BCUT2D eigenvalue weighted by Crippen LogP contribution is -1.97. The van der Waals surface area contributed by atoms with Crippen LogP contribution in [0.1, 0.15) is 20.3 Å². The smallest absolute Gasteiger partial charge is 0.160 e. The van der Waals surface area contributed by atoms with E-state index in [1.165, 1.54) is 0 Å². The molecule has 0 saturated carbocycles. The monoisotopic (exact) mass is 180 g/mol. The number of ether oxygens (including phenoxy) is 2. The van der Waals surface area contributed by atoms with Crippen molar-refractivity contribution < 1.29 is 9.47 Å². The first-order valence-electron chi connectivity index (χ1n) is 4.71. The van der Waals surface area contributed by atoms with Gasteiger partial charge in [-0.15, -0.1) is 0 Å². The van der Waals surface area contributed by atoms with Gasteiger partial charge in [0.15, 0.2) is 11.5 Å². The van der Waals surface area contributed by atoms with Crippen LogP contribution in [0.4, 0.5) is 0 Å². The molecule has 0 spiro atoms. The minimum Gasteiger partial charge on any atom is -0.490 e. The lowest BCUT2D eigenvalue weighted by Gasteiger charge is -2.09. The lowest BCUT2D eigenvalue weighted by molar-refractivity contribution is 0.184. The van der Waals surface area contributed by atoms with Gasteiger partial charge in [0.05, 0.1) is 13.2 Å². The molecule has 1 rings (SSSR count). The minimum atomic E-state index is 0.671. The summed E-state index contributed by atoms with van der Waals surface area (Å²) in [5.41, 5.74) is 0. The van der Waals surface area contributed by atoms with Crippen molar-refractivity contribution in [3.05, 3.63) is 35.8 Å². The van der Waals surface area contributed by atoms with Crippen molar-refractivity contribution in [3.63, 3.8) is 0 Å². The number of hydrogen-bond acceptors (Lipinski definition) is 2. The van der Waals surface area contributed by atoms with E-state index in [0.717, 1.165) is 17.9 Å². The topological polar surface area (TPSA) is 18.5 Å². The summed E-state index contributed by atoms with van der Waals surface area (Å²) in [5.74, 6) is 1.66. The Morgan fingerprint density at radius 2 is 1.46 bits per heavy atom. The molecule has 2 nitrogen and oxygen atoms in total. The van der Waals surface area contributed by atoms with Gasteiger partial charge in [0.25, 0.3) is 0 Å². The van der Waals surface area contributed by atoms with E-state index in [-0.39, 0.29) is 0 Å². The van der Waals surface area contributed by atoms with Gasteiger partial charge < -0.3 is 9.47 Å². The number of hydrogen-bond donors (Lipinski definition) is 0. The van der Waals surface area contributed by atoms with Crippen LogP contribution in [0.3, 0.4) is 0 Å². The Labute approximate surface area is 79.5 Å². The van der Waals surface area contributed by atoms with Crippen molar-refractivity contribution in [2.24, 2.45) is 0 Å². The molecule has 0 amide bonds. The third kappa shape index (κ3) is 2.98.